The Balaban J connectivity index is 0.000000471. The number of nitrogens with zero attached hydrogens (tertiary/aromatic N) is 1. The van der Waals surface area contributed by atoms with Crippen molar-refractivity contribution in [3.63, 3.8) is 0 Å². The standard InChI is InChI=1S/C17H16N2O.C3H7N/c1-3-8-20-17-7-5-14(11-19-17)13-4-6-15-12(2)10-18-16(15)9-13;1-2-3-4/h3-7,9-11,18H,1,8H2,2H3;2-3H,4H2,1H3/b;3-2-. The Labute approximate surface area is 142 Å². The number of hydrogen-bond donors (Lipinski definition) is 2. The zero-order valence-electron chi connectivity index (χ0n) is 14.1. The van der Waals surface area contributed by atoms with Crippen LogP contribution in [-0.2, 0) is 0 Å². The van der Waals surface area contributed by atoms with Crippen LogP contribution in [0.1, 0.15) is 12.5 Å². The van der Waals surface area contributed by atoms with Gasteiger partial charge in [0.1, 0.15) is 6.61 Å². The van der Waals surface area contributed by atoms with Crippen molar-refractivity contribution in [2.24, 2.45) is 5.73 Å². The minimum absolute atomic E-state index is 0.472. The van der Waals surface area contributed by atoms with E-state index in [-0.39, 0.29) is 0 Å². The fourth-order valence-electron chi connectivity index (χ4n) is 2.23. The largest absolute Gasteiger partial charge is 0.473 e. The highest BCUT2D eigenvalue weighted by Gasteiger charge is 2.04. The number of benzene rings is 1. The number of ether oxygens (including phenoxy) is 1. The van der Waals surface area contributed by atoms with E-state index in [1.165, 1.54) is 17.1 Å². The van der Waals surface area contributed by atoms with E-state index in [0.717, 1.165) is 16.6 Å². The molecule has 4 nitrogen and oxygen atoms in total. The van der Waals surface area contributed by atoms with Crippen LogP contribution in [0.3, 0.4) is 0 Å². The fraction of sp³-hybridized carbons (Fsp3) is 0.150. The number of aromatic nitrogens is 2. The van der Waals surface area contributed by atoms with Gasteiger partial charge in [-0.1, -0.05) is 30.9 Å². The van der Waals surface area contributed by atoms with Crippen LogP contribution in [0.2, 0.25) is 0 Å². The number of nitrogens with two attached hydrogens (primary N) is 1. The van der Waals surface area contributed by atoms with Crippen molar-refractivity contribution in [3.8, 4) is 17.0 Å². The van der Waals surface area contributed by atoms with Gasteiger partial charge in [0.05, 0.1) is 0 Å². The van der Waals surface area contributed by atoms with Crippen molar-refractivity contribution in [2.45, 2.75) is 13.8 Å². The molecule has 0 aliphatic heterocycles. The first-order chi connectivity index (χ1) is 11.7. The van der Waals surface area contributed by atoms with Crippen LogP contribution in [0.25, 0.3) is 22.0 Å². The molecule has 3 rings (SSSR count). The molecule has 2 aromatic heterocycles. The van der Waals surface area contributed by atoms with Gasteiger partial charge in [-0.25, -0.2) is 4.98 Å². The van der Waals surface area contributed by atoms with Crippen molar-refractivity contribution in [3.05, 3.63) is 73.2 Å². The topological polar surface area (TPSA) is 63.9 Å². The Morgan fingerprint density at radius 3 is 2.62 bits per heavy atom. The first-order valence-corrected chi connectivity index (χ1v) is 7.80. The van der Waals surface area contributed by atoms with Crippen molar-refractivity contribution in [2.75, 3.05) is 6.61 Å². The highest BCUT2D eigenvalue weighted by molar-refractivity contribution is 5.87. The summed E-state index contributed by atoms with van der Waals surface area (Å²) >= 11 is 0. The van der Waals surface area contributed by atoms with E-state index in [0.29, 0.717) is 12.5 Å². The van der Waals surface area contributed by atoms with Gasteiger partial charge in [0, 0.05) is 34.9 Å². The van der Waals surface area contributed by atoms with Gasteiger partial charge < -0.3 is 15.5 Å². The third kappa shape index (κ3) is 4.26. The number of pyridine rings is 1. The van der Waals surface area contributed by atoms with E-state index in [4.69, 9.17) is 10.5 Å². The van der Waals surface area contributed by atoms with E-state index in [1.54, 1.807) is 12.2 Å². The molecule has 4 heteroatoms. The van der Waals surface area contributed by atoms with Crippen molar-refractivity contribution in [1.29, 1.82) is 0 Å². The molecule has 24 heavy (non-hydrogen) atoms. The summed E-state index contributed by atoms with van der Waals surface area (Å²) in [6, 6.07) is 10.3. The molecule has 0 spiro atoms. The summed E-state index contributed by atoms with van der Waals surface area (Å²) in [4.78, 5) is 7.58. The molecule has 0 aliphatic carbocycles. The summed E-state index contributed by atoms with van der Waals surface area (Å²) < 4.78 is 5.38. The Morgan fingerprint density at radius 2 is 2.00 bits per heavy atom. The Morgan fingerprint density at radius 1 is 1.25 bits per heavy atom. The van der Waals surface area contributed by atoms with Gasteiger partial charge in [0.15, 0.2) is 0 Å². The second-order valence-corrected chi connectivity index (χ2v) is 5.24. The zero-order chi connectivity index (χ0) is 17.4. The smallest absolute Gasteiger partial charge is 0.213 e. The van der Waals surface area contributed by atoms with Crippen LogP contribution in [0.15, 0.2) is 67.7 Å². The van der Waals surface area contributed by atoms with E-state index in [9.17, 15) is 0 Å². The first kappa shape index (κ1) is 17.3. The number of H-pyrrole nitrogens is 1. The molecule has 0 bridgehead atoms. The average Bonchev–Trinajstić information content (AvgIpc) is 3.01. The van der Waals surface area contributed by atoms with Gasteiger partial charge in [-0.2, -0.15) is 0 Å². The maximum absolute atomic E-state index is 5.38. The molecule has 3 N–H and O–H groups in total. The van der Waals surface area contributed by atoms with E-state index in [2.05, 4.69) is 41.7 Å². The number of rotatable bonds is 4. The lowest BCUT2D eigenvalue weighted by Crippen LogP contribution is -1.94. The first-order valence-electron chi connectivity index (χ1n) is 7.80. The van der Waals surface area contributed by atoms with Crippen LogP contribution in [0.5, 0.6) is 5.88 Å². The second kappa shape index (κ2) is 8.58. The third-order valence-corrected chi connectivity index (χ3v) is 3.50. The Bertz CT molecular complexity index is 813. The van der Waals surface area contributed by atoms with Gasteiger partial charge in [0.2, 0.25) is 5.88 Å². The molecular formula is C20H23N3O. The van der Waals surface area contributed by atoms with Crippen molar-refractivity contribution >= 4 is 10.9 Å². The third-order valence-electron chi connectivity index (χ3n) is 3.50. The predicted molar refractivity (Wildman–Crippen MR) is 101 cm³/mol. The second-order valence-electron chi connectivity index (χ2n) is 5.24. The minimum Gasteiger partial charge on any atom is -0.473 e. The highest BCUT2D eigenvalue weighted by Crippen LogP contribution is 2.26. The summed E-state index contributed by atoms with van der Waals surface area (Å²) in [7, 11) is 0. The molecule has 0 atom stereocenters. The van der Waals surface area contributed by atoms with E-state index < -0.39 is 0 Å². The van der Waals surface area contributed by atoms with E-state index in [1.807, 2.05) is 31.5 Å². The summed E-state index contributed by atoms with van der Waals surface area (Å²) in [5.74, 6) is 0.616. The van der Waals surface area contributed by atoms with Crippen LogP contribution in [0.4, 0.5) is 0 Å². The number of fused-ring (bicyclic) bond motifs is 1. The molecule has 0 unspecified atom stereocenters. The Kier molecular flexibility index (Phi) is 6.20. The van der Waals surface area contributed by atoms with Gasteiger partial charge in [-0.05, 0) is 43.3 Å². The minimum atomic E-state index is 0.472. The summed E-state index contributed by atoms with van der Waals surface area (Å²) in [5.41, 5.74) is 9.47. The molecule has 0 fully saturated rings. The van der Waals surface area contributed by atoms with Crippen molar-refractivity contribution < 1.29 is 4.74 Å². The number of aromatic amines is 1. The van der Waals surface area contributed by atoms with Crippen LogP contribution in [0, 0.1) is 6.92 Å². The molecule has 0 saturated carbocycles. The molecule has 124 valence electrons. The summed E-state index contributed by atoms with van der Waals surface area (Å²) in [6.07, 6.45) is 8.84. The lowest BCUT2D eigenvalue weighted by molar-refractivity contribution is 0.349. The maximum Gasteiger partial charge on any atom is 0.213 e. The monoisotopic (exact) mass is 321 g/mol. The summed E-state index contributed by atoms with van der Waals surface area (Å²) in [6.45, 7) is 8.07. The molecule has 0 radical (unpaired) electrons. The van der Waals surface area contributed by atoms with Gasteiger partial charge in [0.25, 0.3) is 0 Å². The molecule has 0 saturated heterocycles. The summed E-state index contributed by atoms with van der Waals surface area (Å²) in [5, 5.41) is 1.26. The van der Waals surface area contributed by atoms with Crippen LogP contribution >= 0.6 is 0 Å². The molecule has 0 aliphatic rings. The van der Waals surface area contributed by atoms with Crippen LogP contribution in [-0.4, -0.2) is 16.6 Å². The number of nitrogens with one attached hydrogen (secondary N) is 1. The number of allylic oxidation sites excluding steroid dienone is 1. The van der Waals surface area contributed by atoms with Gasteiger partial charge in [-0.3, -0.25) is 0 Å². The lowest BCUT2D eigenvalue weighted by Gasteiger charge is -2.05. The maximum atomic E-state index is 5.38. The van der Waals surface area contributed by atoms with E-state index >= 15 is 0 Å². The average molecular weight is 321 g/mol. The molecule has 3 aromatic rings. The molecule has 0 amide bonds. The van der Waals surface area contributed by atoms with Gasteiger partial charge in [-0.15, -0.1) is 0 Å². The molecular weight excluding hydrogens is 298 g/mol. The lowest BCUT2D eigenvalue weighted by atomic mass is 10.1. The zero-order valence-corrected chi connectivity index (χ0v) is 14.1. The fourth-order valence-corrected chi connectivity index (χ4v) is 2.23. The molecule has 2 heterocycles. The normalized spacial score (nSPS) is 10.4. The Hall–Kier alpha value is -3.01. The quantitative estimate of drug-likeness (QED) is 0.691. The van der Waals surface area contributed by atoms with Crippen molar-refractivity contribution in [1.82, 2.24) is 9.97 Å². The van der Waals surface area contributed by atoms with Gasteiger partial charge >= 0.3 is 0 Å². The molecule has 1 aromatic carbocycles. The number of aryl methyl sites for hydroxylation is 1. The SMILES string of the molecule is C/C=C\N.C=CCOc1ccc(-c2ccc3c(C)c[nH]c3c2)cn1. The highest BCUT2D eigenvalue weighted by atomic mass is 16.5. The van der Waals surface area contributed by atoms with Crippen LogP contribution < -0.4 is 10.5 Å². The predicted octanol–water partition coefficient (Wildman–Crippen LogP) is 4.58. The number of hydrogen-bond acceptors (Lipinski definition) is 3.